The van der Waals surface area contributed by atoms with Crippen LogP contribution in [0.15, 0.2) is 36.5 Å². The number of nitrogens with one attached hydrogen (secondary N) is 3. The molecule has 0 aliphatic heterocycles. The number of carbonyl (C=O) groups excluding carboxylic acids is 1. The van der Waals surface area contributed by atoms with Crippen LogP contribution in [0.4, 0.5) is 11.4 Å². The third-order valence-electron chi connectivity index (χ3n) is 2.89. The molecule has 2 aromatic rings. The molecule has 0 saturated carbocycles. The van der Waals surface area contributed by atoms with E-state index in [0.717, 1.165) is 12.1 Å². The van der Waals surface area contributed by atoms with Gasteiger partial charge in [-0.05, 0) is 24.2 Å². The number of H-pyrrole nitrogens is 1. The number of rotatable bonds is 6. The van der Waals surface area contributed by atoms with E-state index in [2.05, 4.69) is 15.6 Å². The Bertz CT molecular complexity index is 651. The molecule has 0 aliphatic rings. The molecule has 3 N–H and O–H groups in total. The number of aromatic nitrogens is 1. The molecule has 1 amide bonds. The average Bonchev–Trinajstić information content (AvgIpc) is 2.95. The fourth-order valence-corrected chi connectivity index (χ4v) is 1.85. The first kappa shape index (κ1) is 14.7. The Morgan fingerprint density at radius 2 is 2.19 bits per heavy atom. The van der Waals surface area contributed by atoms with Gasteiger partial charge < -0.3 is 15.6 Å². The molecule has 7 heteroatoms. The molecule has 1 heterocycles. The molecule has 2 rings (SSSR count). The summed E-state index contributed by atoms with van der Waals surface area (Å²) in [5, 5.41) is 16.5. The summed E-state index contributed by atoms with van der Waals surface area (Å²) in [6, 6.07) is 8.64. The second-order valence-electron chi connectivity index (χ2n) is 4.46. The minimum atomic E-state index is -0.551. The van der Waals surface area contributed by atoms with Crippen LogP contribution in [0, 0.1) is 10.1 Å². The summed E-state index contributed by atoms with van der Waals surface area (Å²) in [5.41, 5.74) is 1.71. The van der Waals surface area contributed by atoms with E-state index in [-0.39, 0.29) is 11.4 Å². The van der Waals surface area contributed by atoms with Gasteiger partial charge in [-0.1, -0.05) is 19.1 Å². The zero-order chi connectivity index (χ0) is 15.2. The summed E-state index contributed by atoms with van der Waals surface area (Å²) in [4.78, 5) is 24.6. The van der Waals surface area contributed by atoms with Crippen molar-refractivity contribution in [3.05, 3.63) is 57.9 Å². The molecule has 0 atom stereocenters. The van der Waals surface area contributed by atoms with Gasteiger partial charge in [0.25, 0.3) is 11.6 Å². The summed E-state index contributed by atoms with van der Waals surface area (Å²) in [6.07, 6.45) is 1.19. The van der Waals surface area contributed by atoms with Gasteiger partial charge in [0.1, 0.15) is 5.69 Å². The molecular weight excluding hydrogens is 272 g/mol. The highest BCUT2D eigenvalue weighted by Crippen LogP contribution is 2.15. The first-order valence-electron chi connectivity index (χ1n) is 6.54. The van der Waals surface area contributed by atoms with Crippen LogP contribution in [-0.2, 0) is 6.54 Å². The standard InChI is InChI=1S/C14H16N4O3/c1-2-15-8-10-4-3-5-11(6-10)17-14(19)13-7-12(9-16-13)18(20)21/h3-7,9,15-16H,2,8H2,1H3,(H,17,19). The normalized spacial score (nSPS) is 10.3. The highest BCUT2D eigenvalue weighted by atomic mass is 16.6. The van der Waals surface area contributed by atoms with Crippen LogP contribution in [0.1, 0.15) is 23.0 Å². The number of hydrogen-bond donors (Lipinski definition) is 3. The molecule has 0 radical (unpaired) electrons. The molecule has 0 spiro atoms. The van der Waals surface area contributed by atoms with E-state index in [1.54, 1.807) is 6.07 Å². The van der Waals surface area contributed by atoms with Gasteiger partial charge in [0.15, 0.2) is 0 Å². The van der Waals surface area contributed by atoms with Crippen molar-refractivity contribution >= 4 is 17.3 Å². The predicted octanol–water partition coefficient (Wildman–Crippen LogP) is 2.28. The topological polar surface area (TPSA) is 100 Å². The lowest BCUT2D eigenvalue weighted by Gasteiger charge is -2.07. The molecule has 1 aromatic carbocycles. The van der Waals surface area contributed by atoms with E-state index in [1.807, 2.05) is 25.1 Å². The third kappa shape index (κ3) is 3.90. The maximum absolute atomic E-state index is 12.0. The fraction of sp³-hybridized carbons (Fsp3) is 0.214. The zero-order valence-electron chi connectivity index (χ0n) is 11.6. The SMILES string of the molecule is CCNCc1cccc(NC(=O)c2cc([N+](=O)[O-])c[nH]2)c1. The molecular formula is C14H16N4O3. The lowest BCUT2D eigenvalue weighted by Crippen LogP contribution is -2.14. The van der Waals surface area contributed by atoms with Crippen LogP contribution in [0.2, 0.25) is 0 Å². The molecule has 1 aromatic heterocycles. The third-order valence-corrected chi connectivity index (χ3v) is 2.89. The minimum absolute atomic E-state index is 0.138. The van der Waals surface area contributed by atoms with Gasteiger partial charge in [0, 0.05) is 18.3 Å². The Labute approximate surface area is 121 Å². The van der Waals surface area contributed by atoms with Gasteiger partial charge in [-0.2, -0.15) is 0 Å². The highest BCUT2D eigenvalue weighted by molar-refractivity contribution is 6.03. The van der Waals surface area contributed by atoms with Crippen LogP contribution in [-0.4, -0.2) is 22.4 Å². The summed E-state index contributed by atoms with van der Waals surface area (Å²) in [7, 11) is 0. The van der Waals surface area contributed by atoms with Crippen molar-refractivity contribution in [1.82, 2.24) is 10.3 Å². The van der Waals surface area contributed by atoms with Crippen LogP contribution >= 0.6 is 0 Å². The molecule has 0 saturated heterocycles. The number of aromatic amines is 1. The number of nitrogens with zero attached hydrogens (tertiary/aromatic N) is 1. The first-order valence-corrected chi connectivity index (χ1v) is 6.54. The lowest BCUT2D eigenvalue weighted by molar-refractivity contribution is -0.384. The van der Waals surface area contributed by atoms with Gasteiger partial charge in [0.2, 0.25) is 0 Å². The maximum atomic E-state index is 12.0. The van der Waals surface area contributed by atoms with Crippen molar-refractivity contribution in [3.63, 3.8) is 0 Å². The van der Waals surface area contributed by atoms with Gasteiger partial charge in [-0.15, -0.1) is 0 Å². The largest absolute Gasteiger partial charge is 0.351 e. The van der Waals surface area contributed by atoms with Crippen LogP contribution in [0.25, 0.3) is 0 Å². The monoisotopic (exact) mass is 288 g/mol. The van der Waals surface area contributed by atoms with E-state index >= 15 is 0 Å². The Morgan fingerprint density at radius 3 is 2.86 bits per heavy atom. The number of anilines is 1. The van der Waals surface area contributed by atoms with E-state index in [9.17, 15) is 14.9 Å². The van der Waals surface area contributed by atoms with E-state index < -0.39 is 10.8 Å². The summed E-state index contributed by atoms with van der Waals surface area (Å²) in [6.45, 7) is 3.60. The Morgan fingerprint density at radius 1 is 1.38 bits per heavy atom. The Hall–Kier alpha value is -2.67. The van der Waals surface area contributed by atoms with E-state index in [1.165, 1.54) is 12.3 Å². The van der Waals surface area contributed by atoms with Gasteiger partial charge >= 0.3 is 0 Å². The van der Waals surface area contributed by atoms with Crippen molar-refractivity contribution in [2.24, 2.45) is 0 Å². The highest BCUT2D eigenvalue weighted by Gasteiger charge is 2.14. The lowest BCUT2D eigenvalue weighted by atomic mass is 10.2. The zero-order valence-corrected chi connectivity index (χ0v) is 11.6. The Balaban J connectivity index is 2.06. The summed E-state index contributed by atoms with van der Waals surface area (Å²) >= 11 is 0. The van der Waals surface area contributed by atoms with Crippen molar-refractivity contribution in [2.45, 2.75) is 13.5 Å². The Kier molecular flexibility index (Phi) is 4.68. The quantitative estimate of drug-likeness (QED) is 0.560. The summed E-state index contributed by atoms with van der Waals surface area (Å²) < 4.78 is 0. The molecule has 0 aliphatic carbocycles. The van der Waals surface area contributed by atoms with Gasteiger partial charge in [-0.25, -0.2) is 0 Å². The molecule has 21 heavy (non-hydrogen) atoms. The number of amides is 1. The average molecular weight is 288 g/mol. The number of nitro groups is 1. The van der Waals surface area contributed by atoms with Crippen molar-refractivity contribution in [3.8, 4) is 0 Å². The predicted molar refractivity (Wildman–Crippen MR) is 79.2 cm³/mol. The number of carbonyl (C=O) groups is 1. The van der Waals surface area contributed by atoms with E-state index in [4.69, 9.17) is 0 Å². The van der Waals surface area contributed by atoms with E-state index in [0.29, 0.717) is 12.2 Å². The van der Waals surface area contributed by atoms with Crippen LogP contribution in [0.3, 0.4) is 0 Å². The molecule has 110 valence electrons. The first-order chi connectivity index (χ1) is 10.1. The number of hydrogen-bond acceptors (Lipinski definition) is 4. The van der Waals surface area contributed by atoms with Gasteiger partial charge in [-0.3, -0.25) is 14.9 Å². The maximum Gasteiger partial charge on any atom is 0.287 e. The molecule has 0 bridgehead atoms. The van der Waals surface area contributed by atoms with Crippen molar-refractivity contribution < 1.29 is 9.72 Å². The molecule has 0 fully saturated rings. The van der Waals surface area contributed by atoms with Crippen molar-refractivity contribution in [2.75, 3.05) is 11.9 Å². The fourth-order valence-electron chi connectivity index (χ4n) is 1.85. The van der Waals surface area contributed by atoms with Crippen molar-refractivity contribution in [1.29, 1.82) is 0 Å². The number of benzene rings is 1. The smallest absolute Gasteiger partial charge is 0.287 e. The summed E-state index contributed by atoms with van der Waals surface area (Å²) in [5.74, 6) is -0.413. The second kappa shape index (κ2) is 6.67. The molecule has 0 unspecified atom stereocenters. The van der Waals surface area contributed by atoms with Crippen LogP contribution in [0.5, 0.6) is 0 Å². The second-order valence-corrected chi connectivity index (χ2v) is 4.46. The minimum Gasteiger partial charge on any atom is -0.351 e. The molecule has 7 nitrogen and oxygen atoms in total. The van der Waals surface area contributed by atoms with Gasteiger partial charge in [0.05, 0.1) is 11.1 Å². The van der Waals surface area contributed by atoms with Crippen LogP contribution < -0.4 is 10.6 Å².